The number of nitrogens with zero attached hydrogens (tertiary/aromatic N) is 3. The Hall–Kier alpha value is -4.30. The van der Waals surface area contributed by atoms with Gasteiger partial charge in [-0.3, -0.25) is 9.69 Å². The highest BCUT2D eigenvalue weighted by atomic mass is 32.2. The van der Waals surface area contributed by atoms with Gasteiger partial charge in [0.15, 0.2) is 5.17 Å². The van der Waals surface area contributed by atoms with Crippen LogP contribution in [0.3, 0.4) is 0 Å². The second-order valence-electron chi connectivity index (χ2n) is 7.47. The van der Waals surface area contributed by atoms with Gasteiger partial charge in [0.2, 0.25) is 0 Å². The highest BCUT2D eigenvalue weighted by molar-refractivity contribution is 8.18. The molecule has 0 saturated carbocycles. The molecule has 1 saturated heterocycles. The number of carbonyl (C=O) groups excluding carboxylic acids is 1. The Kier molecular flexibility index (Phi) is 5.88. The number of para-hydroxylation sites is 1. The fraction of sp³-hybridized carbons (Fsp3) is 0.0385. The zero-order valence-electron chi connectivity index (χ0n) is 17.9. The zero-order valence-corrected chi connectivity index (χ0v) is 18.7. The number of thioether (sulfide) groups is 1. The fourth-order valence-electron chi connectivity index (χ4n) is 3.57. The van der Waals surface area contributed by atoms with Crippen molar-refractivity contribution in [3.05, 3.63) is 113 Å². The minimum absolute atomic E-state index is 0.178. The van der Waals surface area contributed by atoms with E-state index in [1.807, 2.05) is 65.4 Å². The maximum atomic E-state index is 13.4. The lowest BCUT2D eigenvalue weighted by Crippen LogP contribution is -2.28. The Labute approximate surface area is 199 Å². The highest BCUT2D eigenvalue weighted by Crippen LogP contribution is 2.35. The average Bonchev–Trinajstić information content (AvgIpc) is 3.59. The molecule has 7 nitrogen and oxygen atoms in total. The molecule has 8 heteroatoms. The van der Waals surface area contributed by atoms with Crippen molar-refractivity contribution in [3.63, 3.8) is 0 Å². The number of hydrogen-bond donors (Lipinski definition) is 1. The predicted molar refractivity (Wildman–Crippen MR) is 131 cm³/mol. The summed E-state index contributed by atoms with van der Waals surface area (Å²) in [6, 6.07) is 23.5. The van der Waals surface area contributed by atoms with Gasteiger partial charge < -0.3 is 14.1 Å². The molecule has 0 radical (unpaired) electrons. The number of amides is 1. The van der Waals surface area contributed by atoms with Crippen LogP contribution in [0.1, 0.15) is 21.8 Å². The lowest BCUT2D eigenvalue weighted by atomic mass is 10.2. The van der Waals surface area contributed by atoms with Crippen LogP contribution in [0, 0.1) is 0 Å². The second kappa shape index (κ2) is 9.29. The van der Waals surface area contributed by atoms with Crippen LogP contribution in [-0.2, 0) is 11.3 Å². The minimum Gasteiger partial charge on any atom is -0.478 e. The van der Waals surface area contributed by atoms with Gasteiger partial charge in [0, 0.05) is 17.6 Å². The fourth-order valence-corrected chi connectivity index (χ4v) is 4.55. The van der Waals surface area contributed by atoms with Crippen LogP contribution in [0.4, 0.5) is 5.69 Å². The summed E-state index contributed by atoms with van der Waals surface area (Å²) < 4.78 is 7.30. The van der Waals surface area contributed by atoms with E-state index in [0.29, 0.717) is 21.5 Å². The molecule has 168 valence electrons. The summed E-state index contributed by atoms with van der Waals surface area (Å²) in [5.41, 5.74) is 2.38. The van der Waals surface area contributed by atoms with E-state index in [-0.39, 0.29) is 18.0 Å². The number of carbonyl (C=O) groups is 2. The molecule has 2 aromatic heterocycles. The highest BCUT2D eigenvalue weighted by Gasteiger charge is 2.34. The number of benzene rings is 2. The number of aliphatic imine (C=N–C) groups is 1. The van der Waals surface area contributed by atoms with Gasteiger partial charge in [-0.15, -0.1) is 0 Å². The van der Waals surface area contributed by atoms with Crippen LogP contribution in [0.15, 0.2) is 106 Å². The number of carboxylic acids is 1. The Bertz CT molecular complexity index is 1400. The van der Waals surface area contributed by atoms with E-state index in [1.54, 1.807) is 41.5 Å². The number of rotatable bonds is 6. The van der Waals surface area contributed by atoms with Gasteiger partial charge in [-0.05, 0) is 72.4 Å². The van der Waals surface area contributed by atoms with Gasteiger partial charge in [-0.25, -0.2) is 9.79 Å². The number of aromatic nitrogens is 1. The van der Waals surface area contributed by atoms with E-state index < -0.39 is 5.97 Å². The van der Waals surface area contributed by atoms with Crippen molar-refractivity contribution in [3.8, 4) is 5.69 Å². The van der Waals surface area contributed by atoms with Gasteiger partial charge in [-0.1, -0.05) is 24.3 Å². The summed E-state index contributed by atoms with van der Waals surface area (Å²) in [5, 5.41) is 9.89. The van der Waals surface area contributed by atoms with Crippen LogP contribution in [0.25, 0.3) is 11.8 Å². The quantitative estimate of drug-likeness (QED) is 0.373. The molecule has 0 atom stereocenters. The standard InChI is InChI=1S/C26H19N3O4S/c30-24-23(16-21-11-5-13-28(21)20-10-4-7-18(15-20)25(31)32)34-26(27-19-8-2-1-3-9-19)29(24)17-22-12-6-14-33-22/h1-16H,17H2,(H,31,32)/b23-16-,27-26?. The molecule has 2 aromatic carbocycles. The van der Waals surface area contributed by atoms with Gasteiger partial charge in [0.05, 0.1) is 29.0 Å². The zero-order chi connectivity index (χ0) is 23.5. The smallest absolute Gasteiger partial charge is 0.335 e. The summed E-state index contributed by atoms with van der Waals surface area (Å²) >= 11 is 1.29. The van der Waals surface area contributed by atoms with Crippen molar-refractivity contribution >= 4 is 40.6 Å². The van der Waals surface area contributed by atoms with Crippen molar-refractivity contribution in [1.29, 1.82) is 0 Å². The van der Waals surface area contributed by atoms with E-state index in [1.165, 1.54) is 11.8 Å². The molecule has 0 unspecified atom stereocenters. The summed E-state index contributed by atoms with van der Waals surface area (Å²) in [7, 11) is 0. The third-order valence-electron chi connectivity index (χ3n) is 5.19. The normalized spacial score (nSPS) is 16.0. The lowest BCUT2D eigenvalue weighted by Gasteiger charge is -2.13. The third-order valence-corrected chi connectivity index (χ3v) is 6.20. The first-order chi connectivity index (χ1) is 16.6. The SMILES string of the molecule is O=C(O)c1cccc(-n2cccc2/C=C2\SC(=Nc3ccccc3)N(Cc3ccco3)C2=O)c1. The number of amidine groups is 1. The topological polar surface area (TPSA) is 88.0 Å². The van der Waals surface area contributed by atoms with Crippen LogP contribution in [-0.4, -0.2) is 31.6 Å². The number of aromatic carboxylic acids is 1. The molecule has 34 heavy (non-hydrogen) atoms. The molecule has 1 aliphatic rings. The van der Waals surface area contributed by atoms with E-state index in [2.05, 4.69) is 0 Å². The predicted octanol–water partition coefficient (Wildman–Crippen LogP) is 5.57. The molecule has 1 amide bonds. The van der Waals surface area contributed by atoms with Gasteiger partial charge in [-0.2, -0.15) is 0 Å². The van der Waals surface area contributed by atoms with Crippen molar-refractivity contribution in [1.82, 2.24) is 9.47 Å². The number of furan rings is 1. The average molecular weight is 470 g/mol. The van der Waals surface area contributed by atoms with Crippen LogP contribution in [0.2, 0.25) is 0 Å². The molecular formula is C26H19N3O4S. The summed E-state index contributed by atoms with van der Waals surface area (Å²) in [4.78, 5) is 31.6. The van der Waals surface area contributed by atoms with E-state index in [9.17, 15) is 14.7 Å². The molecule has 0 bridgehead atoms. The Morgan fingerprint density at radius 2 is 1.88 bits per heavy atom. The molecule has 1 fully saturated rings. The third kappa shape index (κ3) is 4.44. The van der Waals surface area contributed by atoms with Gasteiger partial charge in [0.1, 0.15) is 5.76 Å². The first-order valence-electron chi connectivity index (χ1n) is 10.5. The van der Waals surface area contributed by atoms with Crippen LogP contribution >= 0.6 is 11.8 Å². The maximum Gasteiger partial charge on any atom is 0.335 e. The molecule has 1 N–H and O–H groups in total. The minimum atomic E-state index is -0.995. The lowest BCUT2D eigenvalue weighted by molar-refractivity contribution is -0.122. The van der Waals surface area contributed by atoms with Crippen LogP contribution in [0.5, 0.6) is 0 Å². The van der Waals surface area contributed by atoms with Gasteiger partial charge in [0.25, 0.3) is 5.91 Å². The second-order valence-corrected chi connectivity index (χ2v) is 8.48. The van der Waals surface area contributed by atoms with E-state index in [0.717, 1.165) is 11.4 Å². The molecular weight excluding hydrogens is 450 g/mol. The van der Waals surface area contributed by atoms with Crippen molar-refractivity contribution in [2.45, 2.75) is 6.54 Å². The van der Waals surface area contributed by atoms with Crippen molar-refractivity contribution in [2.75, 3.05) is 0 Å². The first-order valence-corrected chi connectivity index (χ1v) is 11.3. The Balaban J connectivity index is 1.51. The summed E-state index contributed by atoms with van der Waals surface area (Å²) in [5.74, 6) is -0.515. The molecule has 4 aromatic rings. The summed E-state index contributed by atoms with van der Waals surface area (Å²) in [6.45, 7) is 0.267. The monoisotopic (exact) mass is 469 g/mol. The number of hydrogen-bond acceptors (Lipinski definition) is 5. The Morgan fingerprint density at radius 3 is 2.65 bits per heavy atom. The maximum absolute atomic E-state index is 13.4. The molecule has 1 aliphatic heterocycles. The van der Waals surface area contributed by atoms with Gasteiger partial charge >= 0.3 is 5.97 Å². The summed E-state index contributed by atoms with van der Waals surface area (Å²) in [6.07, 6.45) is 5.20. The molecule has 0 aliphatic carbocycles. The number of carboxylic acid groups (broad SMARTS) is 1. The molecule has 3 heterocycles. The van der Waals surface area contributed by atoms with E-state index >= 15 is 0 Å². The van der Waals surface area contributed by atoms with Crippen molar-refractivity contribution < 1.29 is 19.1 Å². The molecule has 5 rings (SSSR count). The molecule has 0 spiro atoms. The largest absolute Gasteiger partial charge is 0.478 e. The van der Waals surface area contributed by atoms with Crippen molar-refractivity contribution in [2.24, 2.45) is 4.99 Å². The van der Waals surface area contributed by atoms with E-state index in [4.69, 9.17) is 9.41 Å². The van der Waals surface area contributed by atoms with Crippen LogP contribution < -0.4 is 0 Å². The Morgan fingerprint density at radius 1 is 1.03 bits per heavy atom. The first kappa shape index (κ1) is 21.5.